The van der Waals surface area contributed by atoms with Gasteiger partial charge in [0.15, 0.2) is 0 Å². The van der Waals surface area contributed by atoms with Crippen molar-refractivity contribution in [1.29, 1.82) is 0 Å². The minimum absolute atomic E-state index is 0.0555. The number of amides is 2. The number of non-ortho nitro benzene ring substituents is 2. The van der Waals surface area contributed by atoms with E-state index >= 15 is 0 Å². The summed E-state index contributed by atoms with van der Waals surface area (Å²) in [4.78, 5) is 50.4. The quantitative estimate of drug-likeness (QED) is 0.171. The zero-order valence-corrected chi connectivity index (χ0v) is 18.3. The van der Waals surface area contributed by atoms with Crippen LogP contribution in [0.4, 0.5) is 11.4 Å². The van der Waals surface area contributed by atoms with Gasteiger partial charge in [-0.3, -0.25) is 35.1 Å². The van der Waals surface area contributed by atoms with E-state index < -0.39 is 34.4 Å². The van der Waals surface area contributed by atoms with Crippen molar-refractivity contribution >= 4 is 56.1 Å². The van der Waals surface area contributed by atoms with E-state index in [0.717, 1.165) is 0 Å². The molecule has 4 N–H and O–H groups in total. The number of carbonyl (C=O) groups excluding carboxylic acids is 2. The molecule has 13 heteroatoms. The Morgan fingerprint density at radius 2 is 1.53 bits per heavy atom. The lowest BCUT2D eigenvalue weighted by molar-refractivity contribution is -0.384. The van der Waals surface area contributed by atoms with Crippen molar-refractivity contribution in [1.82, 2.24) is 14.9 Å². The minimum atomic E-state index is -1.15. The Morgan fingerprint density at radius 3 is 2.17 bits per heavy atom. The van der Waals surface area contributed by atoms with Crippen LogP contribution in [-0.4, -0.2) is 54.1 Å². The average Bonchev–Trinajstić information content (AvgIpc) is 3.50. The molecule has 0 bridgehead atoms. The third-order valence-electron chi connectivity index (χ3n) is 6.04. The molecule has 13 nitrogen and oxygen atoms in total. The zero-order valence-electron chi connectivity index (χ0n) is 18.3. The monoisotopic (exact) mass is 491 g/mol. The number of aromatic nitrogens is 2. The van der Waals surface area contributed by atoms with Crippen molar-refractivity contribution in [2.24, 2.45) is 0 Å². The number of hydrogen-bond acceptors (Lipinski definition) is 8. The summed E-state index contributed by atoms with van der Waals surface area (Å²) in [5.74, 6) is -1.48. The van der Waals surface area contributed by atoms with Gasteiger partial charge in [-0.25, -0.2) is 0 Å². The number of nitrogens with zero attached hydrogens (tertiary/aromatic N) is 3. The van der Waals surface area contributed by atoms with E-state index in [1.165, 1.54) is 53.4 Å². The fourth-order valence-electron chi connectivity index (χ4n) is 4.43. The van der Waals surface area contributed by atoms with Crippen LogP contribution in [0.3, 0.4) is 0 Å². The second-order valence-corrected chi connectivity index (χ2v) is 8.21. The first kappa shape index (κ1) is 22.9. The van der Waals surface area contributed by atoms with Crippen LogP contribution in [0.15, 0.2) is 48.8 Å². The molecule has 2 aromatic heterocycles. The van der Waals surface area contributed by atoms with Gasteiger partial charge in [-0.15, -0.1) is 0 Å². The summed E-state index contributed by atoms with van der Waals surface area (Å²) in [6.07, 6.45) is 1.78. The number of nitrogens with one attached hydrogen (secondary N) is 2. The molecular formula is C23H17N5O8. The number of nitro benzene ring substituents is 2. The number of H-pyrrole nitrogens is 1. The van der Waals surface area contributed by atoms with Gasteiger partial charge in [0.2, 0.25) is 0 Å². The molecule has 0 saturated carbocycles. The highest BCUT2D eigenvalue weighted by molar-refractivity contribution is 6.50. The minimum Gasteiger partial charge on any atom is -0.394 e. The van der Waals surface area contributed by atoms with Gasteiger partial charge in [-0.05, 0) is 12.1 Å². The summed E-state index contributed by atoms with van der Waals surface area (Å²) >= 11 is 0. The number of hydrogen-bond donors (Lipinski definition) is 4. The number of carbonyl (C=O) groups is 2. The summed E-state index contributed by atoms with van der Waals surface area (Å²) in [5.41, 5.74) is 0.774. The van der Waals surface area contributed by atoms with E-state index in [-0.39, 0.29) is 45.6 Å². The predicted octanol–water partition coefficient (Wildman–Crippen LogP) is 1.86. The Morgan fingerprint density at radius 1 is 0.917 bits per heavy atom. The molecule has 2 amide bonds. The number of benzene rings is 2. The van der Waals surface area contributed by atoms with E-state index in [4.69, 9.17) is 0 Å². The van der Waals surface area contributed by atoms with Crippen molar-refractivity contribution in [3.8, 4) is 0 Å². The smallest absolute Gasteiger partial charge is 0.270 e. The van der Waals surface area contributed by atoms with Crippen LogP contribution in [0.5, 0.6) is 0 Å². The molecule has 36 heavy (non-hydrogen) atoms. The molecule has 2 aromatic carbocycles. The Labute approximate surface area is 200 Å². The highest BCUT2D eigenvalue weighted by atomic mass is 16.6. The summed E-state index contributed by atoms with van der Waals surface area (Å²) in [5, 5.41) is 44.9. The van der Waals surface area contributed by atoms with Gasteiger partial charge in [0.05, 0.1) is 40.2 Å². The van der Waals surface area contributed by atoms with Gasteiger partial charge in [-0.1, -0.05) is 0 Å². The molecule has 0 aliphatic carbocycles. The van der Waals surface area contributed by atoms with Crippen molar-refractivity contribution in [3.05, 3.63) is 80.1 Å². The summed E-state index contributed by atoms with van der Waals surface area (Å²) in [6.45, 7) is -0.620. The maximum Gasteiger partial charge on any atom is 0.270 e. The summed E-state index contributed by atoms with van der Waals surface area (Å²) in [6, 6.07) is 8.04. The first-order valence-electron chi connectivity index (χ1n) is 10.6. The number of imide groups is 1. The Balaban J connectivity index is 1.81. The lowest BCUT2D eigenvalue weighted by Gasteiger charge is -2.09. The molecule has 1 aliphatic heterocycles. The van der Waals surface area contributed by atoms with Crippen molar-refractivity contribution in [3.63, 3.8) is 0 Å². The third-order valence-corrected chi connectivity index (χ3v) is 6.04. The van der Waals surface area contributed by atoms with Gasteiger partial charge < -0.3 is 19.8 Å². The Bertz CT molecular complexity index is 1650. The second-order valence-electron chi connectivity index (χ2n) is 8.21. The van der Waals surface area contributed by atoms with Crippen LogP contribution < -0.4 is 5.32 Å². The van der Waals surface area contributed by atoms with Gasteiger partial charge in [-0.2, -0.15) is 0 Å². The number of aromatic amines is 1. The molecule has 0 spiro atoms. The van der Waals surface area contributed by atoms with Crippen molar-refractivity contribution < 1.29 is 29.6 Å². The third kappa shape index (κ3) is 3.59. The predicted molar refractivity (Wildman–Crippen MR) is 127 cm³/mol. The highest BCUT2D eigenvalue weighted by Crippen LogP contribution is 2.39. The largest absolute Gasteiger partial charge is 0.394 e. The van der Waals surface area contributed by atoms with Crippen LogP contribution in [-0.2, 0) is 16.1 Å². The first-order chi connectivity index (χ1) is 17.2. The highest BCUT2D eigenvalue weighted by Gasteiger charge is 2.35. The van der Waals surface area contributed by atoms with Crippen LogP contribution >= 0.6 is 0 Å². The number of nitro groups is 2. The average molecular weight is 491 g/mol. The summed E-state index contributed by atoms with van der Waals surface area (Å²) < 4.78 is 1.52. The molecule has 5 rings (SSSR count). The number of aliphatic hydroxyl groups excluding tert-OH is 2. The van der Waals surface area contributed by atoms with Gasteiger partial charge in [0.25, 0.3) is 23.2 Å². The van der Waals surface area contributed by atoms with Gasteiger partial charge >= 0.3 is 0 Å². The molecule has 1 aliphatic rings. The topological polar surface area (TPSA) is 194 Å². The van der Waals surface area contributed by atoms with Crippen molar-refractivity contribution in [2.75, 3.05) is 6.61 Å². The molecular weight excluding hydrogens is 474 g/mol. The fraction of sp³-hybridized carbons (Fsp3) is 0.130. The first-order valence-corrected chi connectivity index (χ1v) is 10.6. The number of fused-ring (bicyclic) bond motifs is 2. The Hall–Kier alpha value is -4.88. The SMILES string of the molecule is O=C1NC(=O)C(c2cn(CC(O)CO)c3ccc([N+](=O)[O-])cc23)=C1c1c[nH]c2ccc([N+](=O)[O-])cc12. The van der Waals surface area contributed by atoms with E-state index in [0.29, 0.717) is 16.4 Å². The van der Waals surface area contributed by atoms with Gasteiger partial charge in [0.1, 0.15) is 0 Å². The lowest BCUT2D eigenvalue weighted by atomic mass is 9.95. The normalized spacial score (nSPS) is 14.6. The zero-order chi connectivity index (χ0) is 25.7. The number of aliphatic hydroxyl groups is 2. The summed E-state index contributed by atoms with van der Waals surface area (Å²) in [7, 11) is 0. The molecule has 182 valence electrons. The fourth-order valence-corrected chi connectivity index (χ4v) is 4.43. The molecule has 0 fully saturated rings. The molecule has 1 atom stereocenters. The van der Waals surface area contributed by atoms with Crippen LogP contribution in [0.1, 0.15) is 11.1 Å². The van der Waals surface area contributed by atoms with E-state index in [9.17, 15) is 40.0 Å². The second kappa shape index (κ2) is 8.41. The maximum atomic E-state index is 13.0. The molecule has 0 radical (unpaired) electrons. The Kier molecular flexibility index (Phi) is 5.35. The molecule has 1 unspecified atom stereocenters. The molecule has 3 heterocycles. The van der Waals surface area contributed by atoms with E-state index in [1.807, 2.05) is 0 Å². The lowest BCUT2D eigenvalue weighted by Crippen LogP contribution is -2.22. The van der Waals surface area contributed by atoms with E-state index in [1.54, 1.807) is 0 Å². The van der Waals surface area contributed by atoms with Crippen LogP contribution in [0.2, 0.25) is 0 Å². The standard InChI is InChI=1S/C23H17N5O8/c29-10-13(30)8-26-9-17(15-6-12(28(35)36)2-4-19(15)26)21-20(22(31)25-23(21)32)16-7-24-18-3-1-11(27(33)34)5-14(16)18/h1-7,9,13,24,29-30H,8,10H2,(H,25,31,32). The van der Waals surface area contributed by atoms with E-state index in [2.05, 4.69) is 10.3 Å². The number of rotatable bonds is 7. The van der Waals surface area contributed by atoms with Crippen LogP contribution in [0, 0.1) is 20.2 Å². The van der Waals surface area contributed by atoms with Crippen molar-refractivity contribution in [2.45, 2.75) is 12.6 Å². The van der Waals surface area contributed by atoms with Crippen LogP contribution in [0.25, 0.3) is 33.0 Å². The van der Waals surface area contributed by atoms with Gasteiger partial charge in [0, 0.05) is 69.6 Å². The maximum absolute atomic E-state index is 13.0. The molecule has 0 saturated heterocycles. The molecule has 4 aromatic rings.